The molecular formula is C18H25N5O2S. The first-order valence-electron chi connectivity index (χ1n) is 9.20. The molecule has 0 bridgehead atoms. The Morgan fingerprint density at radius 3 is 2.69 bits per heavy atom. The molecule has 1 fully saturated rings. The standard InChI is InChI=1S/C18H25N5O2S/c1-4-14(23-12(3)10-11(2)19-18(23)25)15(24)20-17-22-21-16(26-17)13-8-6-5-7-9-13/h10,13-14H,4-9H2,1-3H3,(H,20,22,24). The van der Waals surface area contributed by atoms with E-state index in [-0.39, 0.29) is 5.91 Å². The minimum atomic E-state index is -0.613. The number of hydrogen-bond donors (Lipinski definition) is 1. The van der Waals surface area contributed by atoms with E-state index >= 15 is 0 Å². The van der Waals surface area contributed by atoms with Crippen molar-refractivity contribution in [1.82, 2.24) is 19.7 Å². The molecule has 2 aromatic rings. The molecule has 26 heavy (non-hydrogen) atoms. The summed E-state index contributed by atoms with van der Waals surface area (Å²) in [5.74, 6) is 0.203. The van der Waals surface area contributed by atoms with Crippen LogP contribution in [0.4, 0.5) is 5.13 Å². The van der Waals surface area contributed by atoms with E-state index in [1.165, 1.54) is 35.2 Å². The molecule has 3 rings (SSSR count). The first-order chi connectivity index (χ1) is 12.5. The lowest BCUT2D eigenvalue weighted by atomic mass is 9.90. The second kappa shape index (κ2) is 8.07. The van der Waals surface area contributed by atoms with Crippen LogP contribution in [0.15, 0.2) is 10.9 Å². The van der Waals surface area contributed by atoms with E-state index in [2.05, 4.69) is 20.5 Å². The predicted molar refractivity (Wildman–Crippen MR) is 102 cm³/mol. The molecule has 1 unspecified atom stereocenters. The van der Waals surface area contributed by atoms with Gasteiger partial charge in [-0.1, -0.05) is 37.5 Å². The van der Waals surface area contributed by atoms with E-state index in [9.17, 15) is 9.59 Å². The second-order valence-electron chi connectivity index (χ2n) is 6.89. The Bertz CT molecular complexity index is 838. The van der Waals surface area contributed by atoms with Gasteiger partial charge in [0.1, 0.15) is 11.0 Å². The number of rotatable bonds is 5. The molecule has 1 atom stereocenters. The monoisotopic (exact) mass is 375 g/mol. The van der Waals surface area contributed by atoms with Gasteiger partial charge in [0.25, 0.3) is 0 Å². The van der Waals surface area contributed by atoms with Gasteiger partial charge < -0.3 is 0 Å². The fourth-order valence-electron chi connectivity index (χ4n) is 3.61. The lowest BCUT2D eigenvalue weighted by Crippen LogP contribution is -2.36. The summed E-state index contributed by atoms with van der Waals surface area (Å²) in [6.45, 7) is 5.47. The zero-order chi connectivity index (χ0) is 18.7. The highest BCUT2D eigenvalue weighted by molar-refractivity contribution is 7.15. The summed E-state index contributed by atoms with van der Waals surface area (Å²) in [6.07, 6.45) is 6.52. The topological polar surface area (TPSA) is 89.8 Å². The smallest absolute Gasteiger partial charge is 0.299 e. The molecule has 140 valence electrons. The zero-order valence-electron chi connectivity index (χ0n) is 15.5. The van der Waals surface area contributed by atoms with Gasteiger partial charge in [-0.3, -0.25) is 14.7 Å². The number of carbonyl (C=O) groups excluding carboxylic acids is 1. The van der Waals surface area contributed by atoms with Gasteiger partial charge in [0.15, 0.2) is 0 Å². The van der Waals surface area contributed by atoms with Crippen LogP contribution in [0.3, 0.4) is 0 Å². The molecule has 0 spiro atoms. The van der Waals surface area contributed by atoms with E-state index in [1.54, 1.807) is 6.92 Å². The van der Waals surface area contributed by atoms with Crippen LogP contribution in [0.2, 0.25) is 0 Å². The van der Waals surface area contributed by atoms with Crippen molar-refractivity contribution >= 4 is 22.4 Å². The fourth-order valence-corrected chi connectivity index (χ4v) is 4.53. The third-order valence-electron chi connectivity index (χ3n) is 4.90. The molecule has 2 aromatic heterocycles. The number of carbonyl (C=O) groups is 1. The molecule has 1 N–H and O–H groups in total. The Labute approximate surface area is 156 Å². The van der Waals surface area contributed by atoms with Gasteiger partial charge >= 0.3 is 5.69 Å². The van der Waals surface area contributed by atoms with E-state index < -0.39 is 11.7 Å². The number of amides is 1. The maximum atomic E-state index is 12.8. The van der Waals surface area contributed by atoms with Crippen LogP contribution in [0.25, 0.3) is 0 Å². The molecule has 0 radical (unpaired) electrons. The number of aryl methyl sites for hydroxylation is 2. The third-order valence-corrected chi connectivity index (χ3v) is 5.90. The number of hydrogen-bond acceptors (Lipinski definition) is 6. The number of nitrogens with one attached hydrogen (secondary N) is 1. The molecule has 1 saturated carbocycles. The summed E-state index contributed by atoms with van der Waals surface area (Å²) in [4.78, 5) is 29.0. The van der Waals surface area contributed by atoms with Gasteiger partial charge in [-0.25, -0.2) is 4.79 Å². The summed E-state index contributed by atoms with van der Waals surface area (Å²) in [5.41, 5.74) is 0.981. The second-order valence-corrected chi connectivity index (χ2v) is 7.89. The molecule has 8 heteroatoms. The van der Waals surface area contributed by atoms with Crippen LogP contribution in [0, 0.1) is 13.8 Å². The SMILES string of the molecule is CCC(C(=O)Nc1nnc(C2CCCCC2)s1)n1c(C)cc(C)nc1=O. The number of nitrogens with zero attached hydrogens (tertiary/aromatic N) is 4. The van der Waals surface area contributed by atoms with Crippen molar-refractivity contribution < 1.29 is 4.79 Å². The summed E-state index contributed by atoms with van der Waals surface area (Å²) in [5, 5.41) is 12.7. The average molecular weight is 375 g/mol. The summed E-state index contributed by atoms with van der Waals surface area (Å²) < 4.78 is 1.45. The van der Waals surface area contributed by atoms with Gasteiger partial charge in [-0.15, -0.1) is 10.2 Å². The Morgan fingerprint density at radius 1 is 1.31 bits per heavy atom. The molecule has 1 aliphatic rings. The fraction of sp³-hybridized carbons (Fsp3) is 0.611. The summed E-state index contributed by atoms with van der Waals surface area (Å²) in [6, 6.07) is 1.20. The Morgan fingerprint density at radius 2 is 2.04 bits per heavy atom. The van der Waals surface area contributed by atoms with Crippen molar-refractivity contribution in [3.8, 4) is 0 Å². The lowest BCUT2D eigenvalue weighted by molar-refractivity contribution is -0.119. The number of aromatic nitrogens is 4. The molecule has 1 aliphatic carbocycles. The normalized spacial score (nSPS) is 16.4. The van der Waals surface area contributed by atoms with Crippen LogP contribution in [0.1, 0.15) is 73.8 Å². The third kappa shape index (κ3) is 4.00. The van der Waals surface area contributed by atoms with Gasteiger partial charge in [-0.2, -0.15) is 4.98 Å². The highest BCUT2D eigenvalue weighted by Crippen LogP contribution is 2.35. The molecule has 2 heterocycles. The molecular weight excluding hydrogens is 350 g/mol. The Balaban J connectivity index is 1.76. The highest BCUT2D eigenvalue weighted by Gasteiger charge is 2.24. The van der Waals surface area contributed by atoms with Crippen LogP contribution < -0.4 is 11.0 Å². The summed E-state index contributed by atoms with van der Waals surface area (Å²) in [7, 11) is 0. The predicted octanol–water partition coefficient (Wildman–Crippen LogP) is 3.35. The first-order valence-corrected chi connectivity index (χ1v) is 10.0. The molecule has 0 aromatic carbocycles. The van der Waals surface area contributed by atoms with Crippen LogP contribution in [-0.4, -0.2) is 25.7 Å². The van der Waals surface area contributed by atoms with Crippen molar-refractivity contribution in [2.75, 3.05) is 5.32 Å². The minimum Gasteiger partial charge on any atom is -0.299 e. The van der Waals surface area contributed by atoms with Crippen LogP contribution >= 0.6 is 11.3 Å². The van der Waals surface area contributed by atoms with Crippen molar-refractivity contribution in [1.29, 1.82) is 0 Å². The van der Waals surface area contributed by atoms with E-state index in [0.717, 1.165) is 23.5 Å². The number of anilines is 1. The van der Waals surface area contributed by atoms with Gasteiger partial charge in [0.05, 0.1) is 0 Å². The van der Waals surface area contributed by atoms with Gasteiger partial charge in [0, 0.05) is 17.3 Å². The average Bonchev–Trinajstić information content (AvgIpc) is 3.07. The van der Waals surface area contributed by atoms with Gasteiger partial charge in [0.2, 0.25) is 11.0 Å². The molecule has 0 saturated heterocycles. The Kier molecular flexibility index (Phi) is 5.80. The molecule has 1 amide bonds. The van der Waals surface area contributed by atoms with Crippen LogP contribution in [-0.2, 0) is 4.79 Å². The maximum absolute atomic E-state index is 12.8. The minimum absolute atomic E-state index is 0.255. The van der Waals surface area contributed by atoms with E-state index in [0.29, 0.717) is 23.2 Å². The molecule has 0 aliphatic heterocycles. The van der Waals surface area contributed by atoms with Crippen molar-refractivity contribution in [3.05, 3.63) is 32.9 Å². The van der Waals surface area contributed by atoms with Crippen molar-refractivity contribution in [2.24, 2.45) is 0 Å². The first kappa shape index (κ1) is 18.7. The lowest BCUT2D eigenvalue weighted by Gasteiger charge is -2.19. The molecule has 7 nitrogen and oxygen atoms in total. The quantitative estimate of drug-likeness (QED) is 0.865. The van der Waals surface area contributed by atoms with Crippen LogP contribution in [0.5, 0.6) is 0 Å². The Hall–Kier alpha value is -2.09. The van der Waals surface area contributed by atoms with Crippen molar-refractivity contribution in [3.63, 3.8) is 0 Å². The van der Waals surface area contributed by atoms with Gasteiger partial charge in [-0.05, 0) is 39.2 Å². The maximum Gasteiger partial charge on any atom is 0.348 e. The van der Waals surface area contributed by atoms with E-state index in [1.807, 2.05) is 19.9 Å². The van der Waals surface area contributed by atoms with Crippen molar-refractivity contribution in [2.45, 2.75) is 71.3 Å². The largest absolute Gasteiger partial charge is 0.348 e. The highest BCUT2D eigenvalue weighted by atomic mass is 32.1. The summed E-state index contributed by atoms with van der Waals surface area (Å²) >= 11 is 1.44. The zero-order valence-corrected chi connectivity index (χ0v) is 16.3. The van der Waals surface area contributed by atoms with E-state index in [4.69, 9.17) is 0 Å².